The van der Waals surface area contributed by atoms with Gasteiger partial charge in [-0.1, -0.05) is 35.9 Å². The van der Waals surface area contributed by atoms with Gasteiger partial charge in [0.2, 0.25) is 0 Å². The molecule has 2 N–H and O–H groups in total. The SMILES string of the molecule is O=C1/C(=N\NC(=S)Nc2ccccc2F)c2cc([S+]([O-])N3CCOCC3)ccc2N1Cc1ccc(Cl)cc1. The maximum absolute atomic E-state index is 14.0. The summed E-state index contributed by atoms with van der Waals surface area (Å²) in [5, 5.41) is 7.63. The first kappa shape index (κ1) is 26.5. The molecule has 1 saturated heterocycles. The Morgan fingerprint density at radius 2 is 1.87 bits per heavy atom. The second kappa shape index (κ2) is 11.8. The van der Waals surface area contributed by atoms with Crippen LogP contribution in [0.2, 0.25) is 5.02 Å². The highest BCUT2D eigenvalue weighted by Crippen LogP contribution is 2.34. The van der Waals surface area contributed by atoms with Crippen LogP contribution in [0.25, 0.3) is 0 Å². The summed E-state index contributed by atoms with van der Waals surface area (Å²) in [5.41, 5.74) is 4.95. The van der Waals surface area contributed by atoms with Gasteiger partial charge >= 0.3 is 0 Å². The van der Waals surface area contributed by atoms with Gasteiger partial charge in [-0.05, 0) is 54.2 Å². The lowest BCUT2D eigenvalue weighted by molar-refractivity contribution is -0.112. The fourth-order valence-electron chi connectivity index (χ4n) is 4.12. The number of anilines is 2. The van der Waals surface area contributed by atoms with Crippen molar-refractivity contribution >= 4 is 63.3 Å². The van der Waals surface area contributed by atoms with Gasteiger partial charge in [-0.2, -0.15) is 5.10 Å². The minimum atomic E-state index is -1.43. The zero-order valence-electron chi connectivity index (χ0n) is 20.0. The number of rotatable bonds is 6. The van der Waals surface area contributed by atoms with Gasteiger partial charge in [0.05, 0.1) is 55.6 Å². The molecule has 0 saturated carbocycles. The van der Waals surface area contributed by atoms with Crippen LogP contribution >= 0.6 is 23.8 Å². The monoisotopic (exact) mass is 571 g/mol. The van der Waals surface area contributed by atoms with Gasteiger partial charge in [0.15, 0.2) is 15.7 Å². The van der Waals surface area contributed by atoms with E-state index in [9.17, 15) is 13.7 Å². The van der Waals surface area contributed by atoms with Crippen LogP contribution in [0.1, 0.15) is 11.1 Å². The average Bonchev–Trinajstić information content (AvgIpc) is 3.19. The van der Waals surface area contributed by atoms with E-state index >= 15 is 0 Å². The lowest BCUT2D eigenvalue weighted by Gasteiger charge is -2.27. The Labute approximate surface area is 232 Å². The van der Waals surface area contributed by atoms with Crippen molar-refractivity contribution in [3.05, 3.63) is 88.7 Å². The minimum Gasteiger partial charge on any atom is -0.593 e. The second-order valence-electron chi connectivity index (χ2n) is 8.49. The first-order chi connectivity index (χ1) is 18.4. The highest BCUT2D eigenvalue weighted by Gasteiger charge is 2.36. The number of ether oxygens (including phenoxy) is 1. The summed E-state index contributed by atoms with van der Waals surface area (Å²) in [4.78, 5) is 15.7. The zero-order valence-corrected chi connectivity index (χ0v) is 22.4. The predicted molar refractivity (Wildman–Crippen MR) is 150 cm³/mol. The summed E-state index contributed by atoms with van der Waals surface area (Å²) in [6, 6.07) is 18.5. The molecule has 5 rings (SSSR count). The van der Waals surface area contributed by atoms with E-state index in [-0.39, 0.29) is 29.0 Å². The van der Waals surface area contributed by atoms with Crippen molar-refractivity contribution in [2.45, 2.75) is 11.4 Å². The number of hydrogen-bond donors (Lipinski definition) is 2. The molecule has 12 heteroatoms. The molecule has 1 unspecified atom stereocenters. The number of carbonyl (C=O) groups is 1. The van der Waals surface area contributed by atoms with Gasteiger partial charge in [0, 0.05) is 16.7 Å². The molecule has 3 aromatic carbocycles. The number of benzene rings is 3. The fraction of sp³-hybridized carbons (Fsp3) is 0.192. The Morgan fingerprint density at radius 1 is 1.13 bits per heavy atom. The molecule has 2 aliphatic rings. The van der Waals surface area contributed by atoms with Gasteiger partial charge in [-0.3, -0.25) is 10.2 Å². The van der Waals surface area contributed by atoms with Crippen LogP contribution in [-0.2, 0) is 27.4 Å². The topological polar surface area (TPSA) is 92.3 Å². The number of halogens is 2. The third-order valence-electron chi connectivity index (χ3n) is 6.01. The molecule has 2 aliphatic heterocycles. The van der Waals surface area contributed by atoms with E-state index in [0.29, 0.717) is 47.5 Å². The standard InChI is InChI=1S/C26H23ClFN5O3S2/c27-18-7-5-17(6-8-18)16-33-23-10-9-19(38(35)32-11-13-36-14-12-32)15-20(23)24(25(33)34)30-31-26(37)29-22-4-2-1-3-21(22)28/h1-10,15H,11-14,16H2,(H2,29,31,37)/b30-24-. The highest BCUT2D eigenvalue weighted by atomic mass is 35.5. The number of fused-ring (bicyclic) bond motifs is 1. The van der Waals surface area contributed by atoms with Gasteiger partial charge < -0.3 is 19.5 Å². The molecule has 1 fully saturated rings. The molecule has 0 aliphatic carbocycles. The Kier molecular flexibility index (Phi) is 8.22. The quantitative estimate of drug-likeness (QED) is 0.262. The van der Waals surface area contributed by atoms with E-state index in [1.165, 1.54) is 12.1 Å². The number of thiocarbonyl (C=S) groups is 1. The zero-order chi connectivity index (χ0) is 26.6. The van der Waals surface area contributed by atoms with Gasteiger partial charge in [0.1, 0.15) is 5.82 Å². The highest BCUT2D eigenvalue weighted by molar-refractivity contribution is 7.89. The summed E-state index contributed by atoms with van der Waals surface area (Å²) in [7, 11) is 0. The molecule has 0 spiro atoms. The fourth-order valence-corrected chi connectivity index (χ4v) is 5.58. The maximum Gasteiger partial charge on any atom is 0.279 e. The van der Waals surface area contributed by atoms with Crippen molar-refractivity contribution in [1.82, 2.24) is 9.73 Å². The number of nitrogens with zero attached hydrogens (tertiary/aromatic N) is 3. The first-order valence-corrected chi connectivity index (χ1v) is 13.6. The molecule has 196 valence electrons. The van der Waals surface area contributed by atoms with E-state index in [1.54, 1.807) is 47.4 Å². The molecule has 0 aromatic heterocycles. The molecular formula is C26H23ClFN5O3S2. The average molecular weight is 572 g/mol. The van der Waals surface area contributed by atoms with Gasteiger partial charge in [0.25, 0.3) is 5.91 Å². The third kappa shape index (κ3) is 5.83. The van der Waals surface area contributed by atoms with Crippen LogP contribution in [0.15, 0.2) is 76.7 Å². The summed E-state index contributed by atoms with van der Waals surface area (Å²) in [5.74, 6) is -0.832. The van der Waals surface area contributed by atoms with Crippen LogP contribution in [0.4, 0.5) is 15.8 Å². The molecule has 2 heterocycles. The van der Waals surface area contributed by atoms with Crippen LogP contribution in [-0.4, -0.2) is 51.9 Å². The molecule has 1 amide bonds. The number of para-hydroxylation sites is 1. The molecular weight excluding hydrogens is 549 g/mol. The van der Waals surface area contributed by atoms with E-state index in [2.05, 4.69) is 15.8 Å². The number of nitrogens with one attached hydrogen (secondary N) is 2. The Bertz CT molecular complexity index is 1390. The van der Waals surface area contributed by atoms with Crippen LogP contribution in [0.5, 0.6) is 0 Å². The molecule has 3 aromatic rings. The molecule has 0 bridgehead atoms. The first-order valence-electron chi connectivity index (χ1n) is 11.8. The number of carbonyl (C=O) groups excluding carboxylic acids is 1. The number of morpholine rings is 1. The van der Waals surface area contributed by atoms with Crippen molar-refractivity contribution in [1.29, 1.82) is 0 Å². The minimum absolute atomic E-state index is 0.0150. The molecule has 8 nitrogen and oxygen atoms in total. The Balaban J connectivity index is 1.44. The Hall–Kier alpha value is -3.06. The second-order valence-corrected chi connectivity index (χ2v) is 10.8. The summed E-state index contributed by atoms with van der Waals surface area (Å²) < 4.78 is 34.5. The third-order valence-corrected chi connectivity index (χ3v) is 7.95. The van der Waals surface area contributed by atoms with E-state index in [1.807, 2.05) is 16.4 Å². The van der Waals surface area contributed by atoms with Crippen LogP contribution in [0.3, 0.4) is 0 Å². The predicted octanol–water partition coefficient (Wildman–Crippen LogP) is 4.07. The maximum atomic E-state index is 14.0. The van der Waals surface area contributed by atoms with Crippen molar-refractivity contribution < 1.29 is 18.5 Å². The van der Waals surface area contributed by atoms with Gasteiger partial charge in [-0.15, -0.1) is 4.31 Å². The largest absolute Gasteiger partial charge is 0.593 e. The van der Waals surface area contributed by atoms with Crippen molar-refractivity contribution in [2.24, 2.45) is 5.10 Å². The molecule has 1 atom stereocenters. The van der Waals surface area contributed by atoms with E-state index < -0.39 is 17.2 Å². The molecule has 38 heavy (non-hydrogen) atoms. The summed E-state index contributed by atoms with van der Waals surface area (Å²) in [6.07, 6.45) is 0. The number of hydrazone groups is 1. The van der Waals surface area contributed by atoms with Crippen LogP contribution < -0.4 is 15.6 Å². The molecule has 0 radical (unpaired) electrons. The Morgan fingerprint density at radius 3 is 2.61 bits per heavy atom. The summed E-state index contributed by atoms with van der Waals surface area (Å²) >= 11 is 9.86. The van der Waals surface area contributed by atoms with E-state index in [0.717, 1.165) is 5.56 Å². The van der Waals surface area contributed by atoms with Crippen molar-refractivity contribution in [2.75, 3.05) is 36.5 Å². The number of hydrogen-bond acceptors (Lipinski definition) is 6. The van der Waals surface area contributed by atoms with E-state index in [4.69, 9.17) is 28.6 Å². The smallest absolute Gasteiger partial charge is 0.279 e. The lowest BCUT2D eigenvalue weighted by atomic mass is 10.1. The normalized spacial score (nSPS) is 17.4. The van der Waals surface area contributed by atoms with Gasteiger partial charge in [-0.25, -0.2) is 4.39 Å². The number of amides is 1. The summed E-state index contributed by atoms with van der Waals surface area (Å²) in [6.45, 7) is 2.39. The van der Waals surface area contributed by atoms with Crippen LogP contribution in [0, 0.1) is 5.82 Å². The van der Waals surface area contributed by atoms with Crippen molar-refractivity contribution in [3.8, 4) is 0 Å². The van der Waals surface area contributed by atoms with Crippen molar-refractivity contribution in [3.63, 3.8) is 0 Å². The lowest BCUT2D eigenvalue weighted by Crippen LogP contribution is -2.40.